The van der Waals surface area contributed by atoms with Gasteiger partial charge in [-0.2, -0.15) is 0 Å². The quantitative estimate of drug-likeness (QED) is 0.386. The van der Waals surface area contributed by atoms with E-state index in [1.807, 2.05) is 47.0 Å². The lowest BCUT2D eigenvalue weighted by Gasteiger charge is -2.24. The normalized spacial score (nSPS) is 17.6. The summed E-state index contributed by atoms with van der Waals surface area (Å²) < 4.78 is 15.5. The lowest BCUT2D eigenvalue weighted by atomic mass is 10.1. The summed E-state index contributed by atoms with van der Waals surface area (Å²) in [7, 11) is 1.93. The first-order valence-electron chi connectivity index (χ1n) is 12.4. The minimum Gasteiger partial charge on any atom is -0.350 e. The summed E-state index contributed by atoms with van der Waals surface area (Å²) in [4.78, 5) is 34.2. The van der Waals surface area contributed by atoms with Gasteiger partial charge in [0, 0.05) is 49.2 Å². The van der Waals surface area contributed by atoms with Crippen molar-refractivity contribution in [2.45, 2.75) is 37.6 Å². The molecule has 0 radical (unpaired) electrons. The van der Waals surface area contributed by atoms with Crippen molar-refractivity contribution in [1.82, 2.24) is 19.8 Å². The molecule has 3 heterocycles. The van der Waals surface area contributed by atoms with Crippen LogP contribution in [-0.4, -0.2) is 45.4 Å². The summed E-state index contributed by atoms with van der Waals surface area (Å²) in [6, 6.07) is 14.0. The first-order chi connectivity index (χ1) is 17.5. The fraction of sp³-hybridized carbons (Fsp3) is 0.321. The molecule has 1 saturated heterocycles. The van der Waals surface area contributed by atoms with Crippen LogP contribution < -0.4 is 5.32 Å². The lowest BCUT2D eigenvalue weighted by Crippen LogP contribution is -2.43. The minimum atomic E-state index is -0.305. The van der Waals surface area contributed by atoms with Crippen LogP contribution in [0.2, 0.25) is 0 Å². The molecule has 6 nitrogen and oxygen atoms in total. The molecule has 184 valence electrons. The van der Waals surface area contributed by atoms with Crippen LogP contribution in [0.25, 0.3) is 21.3 Å². The fourth-order valence-corrected chi connectivity index (χ4v) is 6.30. The maximum atomic E-state index is 13.7. The van der Waals surface area contributed by atoms with Gasteiger partial charge in [0.2, 0.25) is 0 Å². The Balaban J connectivity index is 1.22. The number of fused-ring (bicyclic) bond motifs is 1. The monoisotopic (exact) mass is 502 g/mol. The Hall–Kier alpha value is -3.52. The Labute approximate surface area is 212 Å². The van der Waals surface area contributed by atoms with Gasteiger partial charge in [0.05, 0.1) is 15.4 Å². The Morgan fingerprint density at radius 1 is 1.11 bits per heavy atom. The predicted octanol–water partition coefficient (Wildman–Crippen LogP) is 5.35. The van der Waals surface area contributed by atoms with E-state index in [4.69, 9.17) is 4.98 Å². The Bertz CT molecular complexity index is 1450. The third-order valence-electron chi connectivity index (χ3n) is 7.16. The smallest absolute Gasteiger partial charge is 0.274 e. The van der Waals surface area contributed by atoms with E-state index in [-0.39, 0.29) is 23.7 Å². The van der Waals surface area contributed by atoms with E-state index in [1.54, 1.807) is 23.5 Å². The number of nitrogens with zero attached hydrogens (tertiary/aromatic N) is 3. The summed E-state index contributed by atoms with van der Waals surface area (Å²) >= 11 is 1.54. The second kappa shape index (κ2) is 9.17. The zero-order valence-corrected chi connectivity index (χ0v) is 20.9. The van der Waals surface area contributed by atoms with Crippen LogP contribution in [0.3, 0.4) is 0 Å². The standard InChI is InChI=1S/C28H27FN4O2S/c1-32-16-22(21-6-2-3-7-23(21)32)26(34)30-15-20-5-4-14-33(20)28(35)24-25(17-10-12-19(29)13-11-17)36-27(31-24)18-8-9-18/h2-3,6-7,10-13,16,18,20H,4-5,8-9,14-15H2,1H3,(H,30,34)/t20-/m0/s1. The zero-order valence-electron chi connectivity index (χ0n) is 20.0. The molecule has 4 aromatic rings. The number of likely N-dealkylation sites (tertiary alicyclic amines) is 1. The highest BCUT2D eigenvalue weighted by atomic mass is 32.1. The molecule has 2 aliphatic rings. The highest BCUT2D eigenvalue weighted by Crippen LogP contribution is 2.45. The Morgan fingerprint density at radius 3 is 2.67 bits per heavy atom. The largest absolute Gasteiger partial charge is 0.350 e. The van der Waals surface area contributed by atoms with Gasteiger partial charge in [-0.1, -0.05) is 30.3 Å². The number of benzene rings is 2. The van der Waals surface area contributed by atoms with Crippen molar-refractivity contribution in [3.63, 3.8) is 0 Å². The van der Waals surface area contributed by atoms with E-state index in [0.717, 1.165) is 52.0 Å². The molecule has 36 heavy (non-hydrogen) atoms. The molecule has 8 heteroatoms. The van der Waals surface area contributed by atoms with Gasteiger partial charge in [-0.25, -0.2) is 9.37 Å². The molecule has 0 bridgehead atoms. The number of hydrogen-bond donors (Lipinski definition) is 1. The number of carbonyl (C=O) groups excluding carboxylic acids is 2. The van der Waals surface area contributed by atoms with Crippen LogP contribution >= 0.6 is 11.3 Å². The molecule has 1 aliphatic carbocycles. The predicted molar refractivity (Wildman–Crippen MR) is 139 cm³/mol. The van der Waals surface area contributed by atoms with Crippen LogP contribution in [0.1, 0.15) is 57.5 Å². The Morgan fingerprint density at radius 2 is 1.89 bits per heavy atom. The zero-order chi connectivity index (χ0) is 24.8. The molecule has 1 aliphatic heterocycles. The fourth-order valence-electron chi connectivity index (χ4n) is 5.06. The number of hydrogen-bond acceptors (Lipinski definition) is 4. The number of nitrogens with one attached hydrogen (secondary N) is 1. The molecule has 6 rings (SSSR count). The maximum Gasteiger partial charge on any atom is 0.274 e. The average molecular weight is 503 g/mol. The van der Waals surface area contributed by atoms with Crippen LogP contribution in [0, 0.1) is 5.82 Å². The summed E-state index contributed by atoms with van der Waals surface area (Å²) in [6.45, 7) is 1.02. The van der Waals surface area contributed by atoms with E-state index in [0.29, 0.717) is 30.3 Å². The number of para-hydroxylation sites is 1. The van der Waals surface area contributed by atoms with E-state index in [9.17, 15) is 14.0 Å². The Kier molecular flexibility index (Phi) is 5.84. The van der Waals surface area contributed by atoms with Gasteiger partial charge in [-0.05, 0) is 49.4 Å². The minimum absolute atomic E-state index is 0.0939. The number of aromatic nitrogens is 2. The van der Waals surface area contributed by atoms with Crippen molar-refractivity contribution >= 4 is 34.1 Å². The van der Waals surface area contributed by atoms with Crippen molar-refractivity contribution in [3.05, 3.63) is 76.8 Å². The van der Waals surface area contributed by atoms with Gasteiger partial charge in [0.1, 0.15) is 11.5 Å². The number of halogens is 1. The highest BCUT2D eigenvalue weighted by molar-refractivity contribution is 7.15. The SMILES string of the molecule is Cn1cc(C(=O)NC[C@@H]2CCCN2C(=O)c2nc(C3CC3)sc2-c2ccc(F)cc2)c2ccccc21. The lowest BCUT2D eigenvalue weighted by molar-refractivity contribution is 0.0721. The van der Waals surface area contributed by atoms with E-state index in [2.05, 4.69) is 5.32 Å². The topological polar surface area (TPSA) is 67.2 Å². The average Bonchev–Trinajstić information content (AvgIpc) is 3.32. The number of rotatable bonds is 6. The number of aryl methyl sites for hydroxylation is 1. The molecule has 0 unspecified atom stereocenters. The summed E-state index contributed by atoms with van der Waals surface area (Å²) in [5.41, 5.74) is 2.89. The number of thiazole rings is 1. The second-order valence-electron chi connectivity index (χ2n) is 9.69. The second-order valence-corrected chi connectivity index (χ2v) is 10.7. The van der Waals surface area contributed by atoms with E-state index in [1.165, 1.54) is 12.1 Å². The molecule has 1 N–H and O–H groups in total. The molecule has 2 aromatic carbocycles. The van der Waals surface area contributed by atoms with Gasteiger partial charge >= 0.3 is 0 Å². The van der Waals surface area contributed by atoms with Crippen LogP contribution in [-0.2, 0) is 7.05 Å². The first-order valence-corrected chi connectivity index (χ1v) is 13.2. The molecule has 2 aromatic heterocycles. The van der Waals surface area contributed by atoms with Gasteiger partial charge in [0.25, 0.3) is 11.8 Å². The molecule has 2 amide bonds. The molecular formula is C28H27FN4O2S. The van der Waals surface area contributed by atoms with Crippen LogP contribution in [0.4, 0.5) is 4.39 Å². The first kappa shape index (κ1) is 22.9. The summed E-state index contributed by atoms with van der Waals surface area (Å²) in [6.07, 6.45) is 5.74. The molecule has 1 saturated carbocycles. The number of amides is 2. The van der Waals surface area contributed by atoms with Gasteiger partial charge in [0.15, 0.2) is 0 Å². The van der Waals surface area contributed by atoms with Gasteiger partial charge in [-0.3, -0.25) is 9.59 Å². The van der Waals surface area contributed by atoms with Crippen molar-refractivity contribution in [2.75, 3.05) is 13.1 Å². The van der Waals surface area contributed by atoms with Crippen LogP contribution in [0.15, 0.2) is 54.7 Å². The van der Waals surface area contributed by atoms with E-state index < -0.39 is 0 Å². The maximum absolute atomic E-state index is 13.7. The van der Waals surface area contributed by atoms with Crippen molar-refractivity contribution in [1.29, 1.82) is 0 Å². The van der Waals surface area contributed by atoms with Crippen molar-refractivity contribution in [2.24, 2.45) is 7.05 Å². The molecular weight excluding hydrogens is 475 g/mol. The third kappa shape index (κ3) is 4.19. The van der Waals surface area contributed by atoms with Crippen LogP contribution in [0.5, 0.6) is 0 Å². The number of carbonyl (C=O) groups is 2. The summed E-state index contributed by atoms with van der Waals surface area (Å²) in [5.74, 6) is -0.132. The van der Waals surface area contributed by atoms with Gasteiger partial charge < -0.3 is 14.8 Å². The molecule has 2 fully saturated rings. The summed E-state index contributed by atoms with van der Waals surface area (Å²) in [5, 5.41) is 4.96. The molecule has 0 spiro atoms. The third-order valence-corrected chi connectivity index (χ3v) is 8.42. The van der Waals surface area contributed by atoms with Gasteiger partial charge in [-0.15, -0.1) is 11.3 Å². The molecule has 1 atom stereocenters. The van der Waals surface area contributed by atoms with Crippen molar-refractivity contribution < 1.29 is 14.0 Å². The highest BCUT2D eigenvalue weighted by Gasteiger charge is 2.35. The van der Waals surface area contributed by atoms with E-state index >= 15 is 0 Å². The van der Waals surface area contributed by atoms with Crippen molar-refractivity contribution in [3.8, 4) is 10.4 Å².